The number of para-hydroxylation sites is 1. The van der Waals surface area contributed by atoms with E-state index in [1.54, 1.807) is 0 Å². The Bertz CT molecular complexity index is 905. The van der Waals surface area contributed by atoms with Crippen molar-refractivity contribution in [2.24, 2.45) is 5.92 Å². The molecule has 0 aliphatic heterocycles. The predicted molar refractivity (Wildman–Crippen MR) is 95.5 cm³/mol. The van der Waals surface area contributed by atoms with Crippen LogP contribution in [-0.4, -0.2) is 52.4 Å². The lowest BCUT2D eigenvalue weighted by Gasteiger charge is -2.29. The van der Waals surface area contributed by atoms with Gasteiger partial charge in [0, 0.05) is 11.6 Å². The molecule has 10 heteroatoms. The summed E-state index contributed by atoms with van der Waals surface area (Å²) in [6.07, 6.45) is 6.09. The zero-order valence-corrected chi connectivity index (χ0v) is 15.1. The van der Waals surface area contributed by atoms with E-state index in [1.807, 2.05) is 24.3 Å². The van der Waals surface area contributed by atoms with Gasteiger partial charge >= 0.3 is 0 Å². The molecule has 4 rings (SSSR count). The van der Waals surface area contributed by atoms with Gasteiger partial charge in [0.15, 0.2) is 0 Å². The van der Waals surface area contributed by atoms with Crippen LogP contribution in [0.2, 0.25) is 0 Å². The van der Waals surface area contributed by atoms with Crippen LogP contribution in [0, 0.1) is 5.92 Å². The minimum Gasteiger partial charge on any atom is -0.351 e. The summed E-state index contributed by atoms with van der Waals surface area (Å²) in [6, 6.07) is 7.71. The maximum absolute atomic E-state index is 12.4. The van der Waals surface area contributed by atoms with Gasteiger partial charge in [-0.3, -0.25) is 4.79 Å². The second-order valence-corrected chi connectivity index (χ2v) is 6.85. The SMILES string of the molecule is CC1CCCCC1NC(=O)Cn1nnc(-c2ccccc2-n2cnnn2)n1. The number of amides is 1. The van der Waals surface area contributed by atoms with E-state index >= 15 is 0 Å². The molecule has 1 saturated carbocycles. The molecule has 0 radical (unpaired) electrons. The number of nitrogens with zero attached hydrogens (tertiary/aromatic N) is 8. The van der Waals surface area contributed by atoms with Crippen LogP contribution in [-0.2, 0) is 11.3 Å². The van der Waals surface area contributed by atoms with Crippen LogP contribution in [0.1, 0.15) is 32.6 Å². The fourth-order valence-corrected chi connectivity index (χ4v) is 3.46. The van der Waals surface area contributed by atoms with Gasteiger partial charge in [0.2, 0.25) is 11.7 Å². The van der Waals surface area contributed by atoms with E-state index in [1.165, 1.54) is 22.2 Å². The zero-order chi connectivity index (χ0) is 18.6. The Morgan fingerprint density at radius 3 is 2.89 bits per heavy atom. The lowest BCUT2D eigenvalue weighted by atomic mass is 9.86. The molecule has 0 saturated heterocycles. The van der Waals surface area contributed by atoms with Crippen LogP contribution < -0.4 is 5.32 Å². The molecule has 1 aliphatic rings. The molecule has 2 unspecified atom stereocenters. The summed E-state index contributed by atoms with van der Waals surface area (Å²) in [7, 11) is 0. The molecule has 0 spiro atoms. The third kappa shape index (κ3) is 3.83. The summed E-state index contributed by atoms with van der Waals surface area (Å²) in [5.74, 6) is 0.830. The standard InChI is InChI=1S/C17H21N9O/c1-12-6-2-4-8-14(12)19-16(27)10-26-21-17(20-23-26)13-7-3-5-9-15(13)25-11-18-22-24-25/h3,5,7,9,11-12,14H,2,4,6,8,10H2,1H3,(H,19,27). The molecule has 1 aliphatic carbocycles. The van der Waals surface area contributed by atoms with Gasteiger partial charge in [0.25, 0.3) is 0 Å². The van der Waals surface area contributed by atoms with Crippen molar-refractivity contribution >= 4 is 5.91 Å². The minimum absolute atomic E-state index is 0.0449. The Morgan fingerprint density at radius 2 is 2.07 bits per heavy atom. The summed E-state index contributed by atoms with van der Waals surface area (Å²) >= 11 is 0. The summed E-state index contributed by atoms with van der Waals surface area (Å²) in [4.78, 5) is 13.7. The van der Waals surface area contributed by atoms with E-state index in [9.17, 15) is 4.79 Å². The molecule has 0 bridgehead atoms. The second kappa shape index (κ2) is 7.60. The first-order valence-corrected chi connectivity index (χ1v) is 9.10. The van der Waals surface area contributed by atoms with Crippen molar-refractivity contribution in [3.8, 4) is 17.1 Å². The monoisotopic (exact) mass is 367 g/mol. The highest BCUT2D eigenvalue weighted by molar-refractivity contribution is 5.76. The van der Waals surface area contributed by atoms with E-state index in [0.29, 0.717) is 11.7 Å². The number of tetrazole rings is 2. The van der Waals surface area contributed by atoms with Crippen molar-refractivity contribution in [3.05, 3.63) is 30.6 Å². The number of aromatic nitrogens is 8. The van der Waals surface area contributed by atoms with Gasteiger partial charge in [0.1, 0.15) is 12.9 Å². The second-order valence-electron chi connectivity index (χ2n) is 6.85. The van der Waals surface area contributed by atoms with Gasteiger partial charge < -0.3 is 5.32 Å². The van der Waals surface area contributed by atoms with E-state index in [4.69, 9.17) is 0 Å². The van der Waals surface area contributed by atoms with Crippen molar-refractivity contribution < 1.29 is 4.79 Å². The predicted octanol–water partition coefficient (Wildman–Crippen LogP) is 1.01. The normalized spacial score (nSPS) is 19.7. The zero-order valence-electron chi connectivity index (χ0n) is 15.1. The summed E-state index contributed by atoms with van der Waals surface area (Å²) < 4.78 is 1.53. The number of nitrogens with one attached hydrogen (secondary N) is 1. The number of rotatable bonds is 5. The third-order valence-corrected chi connectivity index (χ3v) is 4.94. The number of hydrogen-bond acceptors (Lipinski definition) is 7. The minimum atomic E-state index is -0.0912. The van der Waals surface area contributed by atoms with Crippen LogP contribution in [0.5, 0.6) is 0 Å². The van der Waals surface area contributed by atoms with Gasteiger partial charge in [0.05, 0.1) is 5.69 Å². The molecule has 2 aromatic heterocycles. The Labute approximate surface area is 156 Å². The molecular formula is C17H21N9O. The average molecular weight is 367 g/mol. The van der Waals surface area contributed by atoms with Crippen LogP contribution in [0.25, 0.3) is 17.1 Å². The first-order valence-electron chi connectivity index (χ1n) is 9.10. The lowest BCUT2D eigenvalue weighted by molar-refractivity contribution is -0.123. The van der Waals surface area contributed by atoms with Gasteiger partial charge in [-0.15, -0.1) is 15.3 Å². The summed E-state index contributed by atoms with van der Waals surface area (Å²) in [5.41, 5.74) is 1.47. The molecule has 1 fully saturated rings. The van der Waals surface area contributed by atoms with Crippen LogP contribution in [0.15, 0.2) is 30.6 Å². The Morgan fingerprint density at radius 1 is 1.22 bits per heavy atom. The topological polar surface area (TPSA) is 116 Å². The average Bonchev–Trinajstić information content (AvgIpc) is 3.36. The highest BCUT2D eigenvalue weighted by Gasteiger charge is 2.23. The molecule has 2 atom stereocenters. The van der Waals surface area contributed by atoms with Gasteiger partial charge in [-0.2, -0.15) is 9.48 Å². The quantitative estimate of drug-likeness (QED) is 0.715. The molecule has 1 aromatic carbocycles. The largest absolute Gasteiger partial charge is 0.351 e. The molecule has 3 aromatic rings. The molecule has 1 amide bonds. The number of carbonyl (C=O) groups is 1. The van der Waals surface area contributed by atoms with Crippen molar-refractivity contribution in [1.29, 1.82) is 0 Å². The molecule has 10 nitrogen and oxygen atoms in total. The van der Waals surface area contributed by atoms with Crippen molar-refractivity contribution in [2.45, 2.75) is 45.2 Å². The fraction of sp³-hybridized carbons (Fsp3) is 0.471. The number of benzene rings is 1. The van der Waals surface area contributed by atoms with E-state index in [-0.39, 0.29) is 18.5 Å². The van der Waals surface area contributed by atoms with Crippen LogP contribution in [0.3, 0.4) is 0 Å². The number of carbonyl (C=O) groups excluding carboxylic acids is 1. The van der Waals surface area contributed by atoms with Gasteiger partial charge in [-0.05, 0) is 46.5 Å². The molecule has 27 heavy (non-hydrogen) atoms. The van der Waals surface area contributed by atoms with Crippen molar-refractivity contribution in [2.75, 3.05) is 0 Å². The number of hydrogen-bond donors (Lipinski definition) is 1. The Hall–Kier alpha value is -3.17. The van der Waals surface area contributed by atoms with Gasteiger partial charge in [-0.25, -0.2) is 0 Å². The lowest BCUT2D eigenvalue weighted by Crippen LogP contribution is -2.42. The fourth-order valence-electron chi connectivity index (χ4n) is 3.46. The van der Waals surface area contributed by atoms with Crippen molar-refractivity contribution in [1.82, 2.24) is 45.7 Å². The van der Waals surface area contributed by atoms with Crippen molar-refractivity contribution in [3.63, 3.8) is 0 Å². The Balaban J connectivity index is 1.47. The van der Waals surface area contributed by atoms with Crippen LogP contribution >= 0.6 is 0 Å². The maximum Gasteiger partial charge on any atom is 0.243 e. The highest BCUT2D eigenvalue weighted by atomic mass is 16.2. The molecular weight excluding hydrogens is 346 g/mol. The van der Waals surface area contributed by atoms with Gasteiger partial charge in [-0.1, -0.05) is 31.9 Å². The molecule has 140 valence electrons. The summed E-state index contributed by atoms with van der Waals surface area (Å²) in [5, 5.41) is 26.8. The molecule has 2 heterocycles. The summed E-state index contributed by atoms with van der Waals surface area (Å²) in [6.45, 7) is 2.23. The third-order valence-electron chi connectivity index (χ3n) is 4.94. The van der Waals surface area contributed by atoms with E-state index in [0.717, 1.165) is 30.5 Å². The first-order chi connectivity index (χ1) is 13.2. The maximum atomic E-state index is 12.4. The van der Waals surface area contributed by atoms with E-state index < -0.39 is 0 Å². The Kier molecular flexibility index (Phi) is 4.86. The van der Waals surface area contributed by atoms with E-state index in [2.05, 4.69) is 43.2 Å². The van der Waals surface area contributed by atoms with Crippen LogP contribution in [0.4, 0.5) is 0 Å². The first kappa shape index (κ1) is 17.3. The molecule has 1 N–H and O–H groups in total. The smallest absolute Gasteiger partial charge is 0.243 e. The highest BCUT2D eigenvalue weighted by Crippen LogP contribution is 2.24.